The van der Waals surface area contributed by atoms with Crippen molar-refractivity contribution in [1.29, 1.82) is 0 Å². The lowest BCUT2D eigenvalue weighted by molar-refractivity contribution is -0.125. The van der Waals surface area contributed by atoms with E-state index in [1.165, 1.54) is 4.31 Å². The van der Waals surface area contributed by atoms with Gasteiger partial charge in [-0.05, 0) is 31.9 Å². The normalized spacial score (nSPS) is 19.0. The molecule has 0 unspecified atom stereocenters. The number of hydrogen-bond donors (Lipinski definition) is 2. The topological polar surface area (TPSA) is 98.8 Å². The van der Waals surface area contributed by atoms with E-state index in [-0.39, 0.29) is 24.3 Å². The van der Waals surface area contributed by atoms with Crippen LogP contribution in [0.3, 0.4) is 0 Å². The molecule has 2 N–H and O–H groups in total. The number of aryl methyl sites for hydroxylation is 1. The predicted octanol–water partition coefficient (Wildman–Crippen LogP) is 0.724. The minimum absolute atomic E-state index is 0.0904. The van der Waals surface area contributed by atoms with Crippen LogP contribution in [0.4, 0.5) is 0 Å². The molecule has 1 aliphatic heterocycles. The molecule has 0 atom stereocenters. The first kappa shape index (κ1) is 22.7. The molecule has 2 fully saturated rings. The second-order valence-electron chi connectivity index (χ2n) is 8.12. The average Bonchev–Trinajstić information content (AvgIpc) is 3.27. The number of piperazine rings is 1. The molecule has 9 heteroatoms. The zero-order chi connectivity index (χ0) is 21.6. The van der Waals surface area contributed by atoms with Crippen molar-refractivity contribution in [2.75, 3.05) is 45.8 Å². The number of hydrogen-bond acceptors (Lipinski definition) is 5. The number of amides is 2. The van der Waals surface area contributed by atoms with Gasteiger partial charge in [0.2, 0.25) is 21.8 Å². The van der Waals surface area contributed by atoms with E-state index in [1.807, 2.05) is 11.8 Å². The molecule has 2 amide bonds. The lowest BCUT2D eigenvalue weighted by Gasteiger charge is -2.33. The van der Waals surface area contributed by atoms with Gasteiger partial charge in [-0.3, -0.25) is 14.5 Å². The van der Waals surface area contributed by atoms with Crippen LogP contribution in [-0.2, 0) is 19.6 Å². The van der Waals surface area contributed by atoms with Crippen LogP contribution in [0.1, 0.15) is 31.2 Å². The van der Waals surface area contributed by atoms with Crippen LogP contribution < -0.4 is 10.6 Å². The molecule has 1 saturated carbocycles. The highest BCUT2D eigenvalue weighted by Crippen LogP contribution is 2.24. The van der Waals surface area contributed by atoms with E-state index in [1.54, 1.807) is 24.3 Å². The second-order valence-corrected chi connectivity index (χ2v) is 10.1. The van der Waals surface area contributed by atoms with E-state index in [9.17, 15) is 18.0 Å². The van der Waals surface area contributed by atoms with E-state index in [0.717, 1.165) is 31.2 Å². The van der Waals surface area contributed by atoms with E-state index in [2.05, 4.69) is 10.6 Å². The summed E-state index contributed by atoms with van der Waals surface area (Å²) in [4.78, 5) is 26.4. The number of sulfonamides is 1. The maximum absolute atomic E-state index is 12.7. The highest BCUT2D eigenvalue weighted by molar-refractivity contribution is 7.89. The van der Waals surface area contributed by atoms with Crippen molar-refractivity contribution < 1.29 is 18.0 Å². The molecule has 1 aliphatic carbocycles. The number of carbonyl (C=O) groups excluding carboxylic acids is 2. The van der Waals surface area contributed by atoms with Gasteiger partial charge < -0.3 is 10.6 Å². The average molecular weight is 437 g/mol. The van der Waals surface area contributed by atoms with Gasteiger partial charge in [0.05, 0.1) is 11.4 Å². The molecular weight excluding hydrogens is 404 g/mol. The van der Waals surface area contributed by atoms with Crippen molar-refractivity contribution in [3.05, 3.63) is 29.8 Å². The molecule has 30 heavy (non-hydrogen) atoms. The minimum Gasteiger partial charge on any atom is -0.354 e. The summed E-state index contributed by atoms with van der Waals surface area (Å²) in [7, 11) is -3.50. The molecule has 1 heterocycles. The summed E-state index contributed by atoms with van der Waals surface area (Å²) in [5.41, 5.74) is 1.02. The third-order valence-electron chi connectivity index (χ3n) is 5.83. The predicted molar refractivity (Wildman–Crippen MR) is 114 cm³/mol. The molecule has 0 bridgehead atoms. The Morgan fingerprint density at radius 1 is 0.967 bits per heavy atom. The van der Waals surface area contributed by atoms with Gasteiger partial charge in [-0.25, -0.2) is 8.42 Å². The lowest BCUT2D eigenvalue weighted by Crippen LogP contribution is -2.51. The van der Waals surface area contributed by atoms with Crippen LogP contribution >= 0.6 is 0 Å². The quantitative estimate of drug-likeness (QED) is 0.585. The first-order chi connectivity index (χ1) is 14.4. The summed E-state index contributed by atoms with van der Waals surface area (Å²) < 4.78 is 27.0. The molecule has 2 aliphatic rings. The third-order valence-corrected chi connectivity index (χ3v) is 7.74. The summed E-state index contributed by atoms with van der Waals surface area (Å²) in [5.74, 6) is 0.112. The zero-order valence-corrected chi connectivity index (χ0v) is 18.4. The highest BCUT2D eigenvalue weighted by atomic mass is 32.2. The van der Waals surface area contributed by atoms with Crippen LogP contribution in [0.2, 0.25) is 0 Å². The summed E-state index contributed by atoms with van der Waals surface area (Å²) >= 11 is 0. The Morgan fingerprint density at radius 3 is 2.20 bits per heavy atom. The SMILES string of the molecule is Cc1ccc(S(=O)(=O)N2CCN(CC(=O)NCCNC(=O)C3CCCC3)CC2)cc1. The van der Waals surface area contributed by atoms with Crippen LogP contribution in [0.25, 0.3) is 0 Å². The smallest absolute Gasteiger partial charge is 0.243 e. The number of nitrogens with zero attached hydrogens (tertiary/aromatic N) is 2. The van der Waals surface area contributed by atoms with E-state index >= 15 is 0 Å². The second kappa shape index (κ2) is 10.4. The summed E-state index contributed by atoms with van der Waals surface area (Å²) in [5, 5.41) is 5.71. The van der Waals surface area contributed by atoms with Gasteiger partial charge in [0, 0.05) is 45.2 Å². The van der Waals surface area contributed by atoms with Gasteiger partial charge in [0.25, 0.3) is 0 Å². The molecule has 1 aromatic rings. The third kappa shape index (κ3) is 6.02. The van der Waals surface area contributed by atoms with Gasteiger partial charge in [-0.1, -0.05) is 30.5 Å². The minimum atomic E-state index is -3.50. The molecule has 1 aromatic carbocycles. The van der Waals surface area contributed by atoms with Gasteiger partial charge in [-0.2, -0.15) is 4.31 Å². The molecule has 1 saturated heterocycles. The van der Waals surface area contributed by atoms with Crippen molar-refractivity contribution in [2.24, 2.45) is 5.92 Å². The first-order valence-corrected chi connectivity index (χ1v) is 12.1. The van der Waals surface area contributed by atoms with Gasteiger partial charge >= 0.3 is 0 Å². The van der Waals surface area contributed by atoms with Crippen LogP contribution in [0.5, 0.6) is 0 Å². The van der Waals surface area contributed by atoms with Gasteiger partial charge in [0.15, 0.2) is 0 Å². The fraction of sp³-hybridized carbons (Fsp3) is 0.619. The fourth-order valence-electron chi connectivity index (χ4n) is 3.97. The fourth-order valence-corrected chi connectivity index (χ4v) is 5.39. The standard InChI is InChI=1S/C21H32N4O4S/c1-17-6-8-19(9-7-17)30(28,29)25-14-12-24(13-15-25)16-20(26)22-10-11-23-21(27)18-4-2-3-5-18/h6-9,18H,2-5,10-16H2,1H3,(H,22,26)(H,23,27). The monoisotopic (exact) mass is 436 g/mol. The van der Waals surface area contributed by atoms with Crippen molar-refractivity contribution in [3.8, 4) is 0 Å². The van der Waals surface area contributed by atoms with Gasteiger partial charge in [-0.15, -0.1) is 0 Å². The Bertz CT molecular complexity index is 827. The maximum atomic E-state index is 12.7. The molecule has 3 rings (SSSR count). The van der Waals surface area contributed by atoms with Crippen LogP contribution in [0.15, 0.2) is 29.2 Å². The highest BCUT2D eigenvalue weighted by Gasteiger charge is 2.29. The lowest BCUT2D eigenvalue weighted by atomic mass is 10.1. The Morgan fingerprint density at radius 2 is 1.57 bits per heavy atom. The van der Waals surface area contributed by atoms with Crippen LogP contribution in [-0.4, -0.2) is 75.3 Å². The van der Waals surface area contributed by atoms with Crippen molar-refractivity contribution in [1.82, 2.24) is 19.8 Å². The summed E-state index contributed by atoms with van der Waals surface area (Å²) in [6.45, 7) is 4.73. The summed E-state index contributed by atoms with van der Waals surface area (Å²) in [6, 6.07) is 6.86. The summed E-state index contributed by atoms with van der Waals surface area (Å²) in [6.07, 6.45) is 4.16. The van der Waals surface area contributed by atoms with Crippen molar-refractivity contribution in [3.63, 3.8) is 0 Å². The van der Waals surface area contributed by atoms with Gasteiger partial charge in [0.1, 0.15) is 0 Å². The number of carbonyl (C=O) groups is 2. The molecule has 0 aromatic heterocycles. The first-order valence-electron chi connectivity index (χ1n) is 10.7. The number of nitrogens with one attached hydrogen (secondary N) is 2. The maximum Gasteiger partial charge on any atom is 0.243 e. The van der Waals surface area contributed by atoms with Crippen molar-refractivity contribution in [2.45, 2.75) is 37.5 Å². The molecule has 8 nitrogen and oxygen atoms in total. The molecule has 0 spiro atoms. The molecule has 166 valence electrons. The molecule has 0 radical (unpaired) electrons. The van der Waals surface area contributed by atoms with E-state index in [0.29, 0.717) is 44.2 Å². The Kier molecular flexibility index (Phi) is 7.85. The van der Waals surface area contributed by atoms with E-state index < -0.39 is 10.0 Å². The number of rotatable bonds is 8. The zero-order valence-electron chi connectivity index (χ0n) is 17.6. The Hall–Kier alpha value is -1.97. The molecular formula is C21H32N4O4S. The van der Waals surface area contributed by atoms with E-state index in [4.69, 9.17) is 0 Å². The Balaban J connectivity index is 1.35. The van der Waals surface area contributed by atoms with Crippen molar-refractivity contribution >= 4 is 21.8 Å². The number of benzene rings is 1. The largest absolute Gasteiger partial charge is 0.354 e. The Labute approximate surface area is 179 Å². The van der Waals surface area contributed by atoms with Crippen LogP contribution in [0, 0.1) is 12.8 Å².